The van der Waals surface area contributed by atoms with E-state index in [1.54, 1.807) is 61.7 Å². The molecule has 0 aliphatic heterocycles. The molecule has 8 heteroatoms. The van der Waals surface area contributed by atoms with Gasteiger partial charge in [-0.05, 0) is 54.1 Å². The third kappa shape index (κ3) is 5.76. The fraction of sp³-hybridized carbons (Fsp3) is 0.174. The predicted octanol–water partition coefficient (Wildman–Crippen LogP) is 3.22. The average Bonchev–Trinajstić information content (AvgIpc) is 2.82. The Labute approximate surface area is 182 Å². The van der Waals surface area contributed by atoms with Gasteiger partial charge in [-0.1, -0.05) is 30.3 Å². The fourth-order valence-electron chi connectivity index (χ4n) is 2.82. The highest BCUT2D eigenvalue weighted by Gasteiger charge is 2.20. The number of hydrogen-bond donors (Lipinski definition) is 1. The van der Waals surface area contributed by atoms with Gasteiger partial charge < -0.3 is 14.8 Å². The maximum atomic E-state index is 12.7. The van der Waals surface area contributed by atoms with Crippen LogP contribution in [0, 0.1) is 0 Å². The number of methoxy groups -OCH3 is 1. The minimum Gasteiger partial charge on any atom is -0.497 e. The van der Waals surface area contributed by atoms with Crippen LogP contribution >= 0.6 is 0 Å². The van der Waals surface area contributed by atoms with Crippen LogP contribution in [-0.2, 0) is 21.4 Å². The van der Waals surface area contributed by atoms with Crippen molar-refractivity contribution in [1.82, 2.24) is 5.32 Å². The molecular weight excluding hydrogens is 416 g/mol. The van der Waals surface area contributed by atoms with E-state index in [1.807, 2.05) is 24.3 Å². The van der Waals surface area contributed by atoms with E-state index in [2.05, 4.69) is 5.32 Å². The van der Waals surface area contributed by atoms with E-state index in [9.17, 15) is 13.2 Å². The molecule has 0 radical (unpaired) electrons. The van der Waals surface area contributed by atoms with Gasteiger partial charge in [0.05, 0.1) is 17.7 Å². The zero-order valence-corrected chi connectivity index (χ0v) is 18.1. The number of nitrogens with one attached hydrogen (secondary N) is 1. The maximum Gasteiger partial charge on any atom is 0.264 e. The number of anilines is 1. The first-order valence-electron chi connectivity index (χ1n) is 9.56. The lowest BCUT2D eigenvalue weighted by Crippen LogP contribution is -2.28. The van der Waals surface area contributed by atoms with E-state index in [-0.39, 0.29) is 17.4 Å². The Morgan fingerprint density at radius 2 is 1.65 bits per heavy atom. The highest BCUT2D eigenvalue weighted by Crippen LogP contribution is 2.24. The van der Waals surface area contributed by atoms with Crippen LogP contribution in [0.15, 0.2) is 83.8 Å². The van der Waals surface area contributed by atoms with Gasteiger partial charge in [-0.15, -0.1) is 0 Å². The molecule has 1 N–H and O–H groups in total. The van der Waals surface area contributed by atoms with E-state index < -0.39 is 10.0 Å². The van der Waals surface area contributed by atoms with Crippen LogP contribution in [0.2, 0.25) is 0 Å². The molecule has 0 atom stereocenters. The molecule has 0 aromatic heterocycles. The lowest BCUT2D eigenvalue weighted by molar-refractivity contribution is -0.123. The van der Waals surface area contributed by atoms with Crippen molar-refractivity contribution in [3.63, 3.8) is 0 Å². The number of benzene rings is 3. The first-order chi connectivity index (χ1) is 14.9. The summed E-state index contributed by atoms with van der Waals surface area (Å²) in [6.45, 7) is 0.210. The predicted molar refractivity (Wildman–Crippen MR) is 119 cm³/mol. The van der Waals surface area contributed by atoms with Crippen molar-refractivity contribution in [2.75, 3.05) is 25.1 Å². The standard InChI is InChI=1S/C23H24N2O5S/c1-25(31(27,28)22-9-4-3-5-10-22)19-11-13-20(14-12-19)30-17-23(26)24-16-18-7-6-8-21(15-18)29-2/h3-15H,16-17H2,1-2H3,(H,24,26). The highest BCUT2D eigenvalue weighted by molar-refractivity contribution is 7.92. The van der Waals surface area contributed by atoms with Crippen LogP contribution in [0.25, 0.3) is 0 Å². The highest BCUT2D eigenvalue weighted by atomic mass is 32.2. The van der Waals surface area contributed by atoms with Gasteiger partial charge in [-0.25, -0.2) is 8.42 Å². The summed E-state index contributed by atoms with van der Waals surface area (Å²) in [4.78, 5) is 12.3. The Morgan fingerprint density at radius 3 is 2.32 bits per heavy atom. The molecule has 7 nitrogen and oxygen atoms in total. The Kier molecular flexibility index (Phi) is 7.15. The Bertz CT molecular complexity index is 1120. The first-order valence-corrected chi connectivity index (χ1v) is 11.0. The molecule has 0 saturated heterocycles. The molecule has 0 bridgehead atoms. The summed E-state index contributed by atoms with van der Waals surface area (Å²) >= 11 is 0. The number of rotatable bonds is 9. The second-order valence-corrected chi connectivity index (χ2v) is 8.67. The summed E-state index contributed by atoms with van der Waals surface area (Å²) in [5.41, 5.74) is 1.40. The number of sulfonamides is 1. The number of hydrogen-bond acceptors (Lipinski definition) is 5. The molecule has 0 spiro atoms. The van der Waals surface area contributed by atoms with Crippen LogP contribution in [0.3, 0.4) is 0 Å². The van der Waals surface area contributed by atoms with Crippen LogP contribution < -0.4 is 19.1 Å². The molecule has 162 valence electrons. The van der Waals surface area contributed by atoms with Gasteiger partial charge in [0.25, 0.3) is 15.9 Å². The molecule has 0 unspecified atom stereocenters. The Hall–Kier alpha value is -3.52. The van der Waals surface area contributed by atoms with Crippen molar-refractivity contribution in [3.8, 4) is 11.5 Å². The number of amides is 1. The SMILES string of the molecule is COc1cccc(CNC(=O)COc2ccc(N(C)S(=O)(=O)c3ccccc3)cc2)c1. The summed E-state index contributed by atoms with van der Waals surface area (Å²) in [5, 5.41) is 2.78. The molecule has 0 aliphatic rings. The molecule has 0 saturated carbocycles. The van der Waals surface area contributed by atoms with Gasteiger partial charge >= 0.3 is 0 Å². The topological polar surface area (TPSA) is 84.9 Å². The summed E-state index contributed by atoms with van der Waals surface area (Å²) < 4.78 is 37.3. The number of nitrogens with zero attached hydrogens (tertiary/aromatic N) is 1. The zero-order valence-electron chi connectivity index (χ0n) is 17.3. The number of carbonyl (C=O) groups excluding carboxylic acids is 1. The van der Waals surface area contributed by atoms with E-state index in [0.717, 1.165) is 11.3 Å². The number of carbonyl (C=O) groups is 1. The second kappa shape index (κ2) is 9.99. The van der Waals surface area contributed by atoms with Crippen LogP contribution in [-0.4, -0.2) is 35.1 Å². The average molecular weight is 441 g/mol. The van der Waals surface area contributed by atoms with Gasteiger partial charge in [0.1, 0.15) is 11.5 Å². The normalized spacial score (nSPS) is 10.9. The largest absolute Gasteiger partial charge is 0.497 e. The lowest BCUT2D eigenvalue weighted by Gasteiger charge is -2.19. The zero-order chi connectivity index (χ0) is 22.3. The molecule has 31 heavy (non-hydrogen) atoms. The molecule has 3 aromatic rings. The minimum atomic E-state index is -3.65. The number of ether oxygens (including phenoxy) is 2. The van der Waals surface area contributed by atoms with Crippen LogP contribution in [0.4, 0.5) is 5.69 Å². The summed E-state index contributed by atoms with van der Waals surface area (Å²) in [7, 11) is -0.571. The molecule has 3 rings (SSSR count). The van der Waals surface area contributed by atoms with E-state index in [4.69, 9.17) is 9.47 Å². The molecule has 0 aliphatic carbocycles. The Morgan fingerprint density at radius 1 is 0.935 bits per heavy atom. The van der Waals surface area contributed by atoms with Crippen LogP contribution in [0.5, 0.6) is 11.5 Å². The third-order valence-corrected chi connectivity index (χ3v) is 6.40. The summed E-state index contributed by atoms with van der Waals surface area (Å²) in [6, 6.07) is 22.2. The van der Waals surface area contributed by atoms with E-state index in [0.29, 0.717) is 18.0 Å². The van der Waals surface area contributed by atoms with Crippen molar-refractivity contribution in [2.45, 2.75) is 11.4 Å². The molecule has 3 aromatic carbocycles. The molecule has 0 fully saturated rings. The lowest BCUT2D eigenvalue weighted by atomic mass is 10.2. The van der Waals surface area contributed by atoms with E-state index in [1.165, 1.54) is 11.4 Å². The molecule has 0 heterocycles. The van der Waals surface area contributed by atoms with Gasteiger partial charge in [-0.3, -0.25) is 9.10 Å². The van der Waals surface area contributed by atoms with Crippen molar-refractivity contribution < 1.29 is 22.7 Å². The van der Waals surface area contributed by atoms with Crippen LogP contribution in [0.1, 0.15) is 5.56 Å². The Balaban J connectivity index is 1.54. The first kappa shape index (κ1) is 22.2. The quantitative estimate of drug-likeness (QED) is 0.552. The molecular formula is C23H24N2O5S. The maximum absolute atomic E-state index is 12.7. The van der Waals surface area contributed by atoms with Crippen molar-refractivity contribution in [2.24, 2.45) is 0 Å². The summed E-state index contributed by atoms with van der Waals surface area (Å²) in [6.07, 6.45) is 0. The molecule has 1 amide bonds. The van der Waals surface area contributed by atoms with Gasteiger partial charge in [0.2, 0.25) is 0 Å². The van der Waals surface area contributed by atoms with Crippen molar-refractivity contribution >= 4 is 21.6 Å². The smallest absolute Gasteiger partial charge is 0.264 e. The minimum absolute atomic E-state index is 0.151. The van der Waals surface area contributed by atoms with Gasteiger partial charge in [0.15, 0.2) is 6.61 Å². The monoisotopic (exact) mass is 440 g/mol. The van der Waals surface area contributed by atoms with Gasteiger partial charge in [-0.2, -0.15) is 0 Å². The third-order valence-electron chi connectivity index (χ3n) is 4.60. The second-order valence-electron chi connectivity index (χ2n) is 6.70. The summed E-state index contributed by atoms with van der Waals surface area (Å²) in [5.74, 6) is 0.920. The van der Waals surface area contributed by atoms with Crippen molar-refractivity contribution in [1.29, 1.82) is 0 Å². The van der Waals surface area contributed by atoms with E-state index >= 15 is 0 Å². The fourth-order valence-corrected chi connectivity index (χ4v) is 4.04. The van der Waals surface area contributed by atoms with Gasteiger partial charge in [0, 0.05) is 13.6 Å². The van der Waals surface area contributed by atoms with Crippen molar-refractivity contribution in [3.05, 3.63) is 84.4 Å².